The van der Waals surface area contributed by atoms with E-state index < -0.39 is 23.8 Å². The number of aromatic nitrogens is 4. The van der Waals surface area contributed by atoms with E-state index in [9.17, 15) is 22.8 Å². The Balaban J connectivity index is 1.32. The quantitative estimate of drug-likeness (QED) is 0.297. The van der Waals surface area contributed by atoms with E-state index in [0.717, 1.165) is 6.07 Å². The van der Waals surface area contributed by atoms with Crippen LogP contribution in [0.1, 0.15) is 21.9 Å². The minimum atomic E-state index is -4.84. The zero-order chi connectivity index (χ0) is 26.3. The third-order valence-corrected chi connectivity index (χ3v) is 5.61. The summed E-state index contributed by atoms with van der Waals surface area (Å²) in [5, 5.41) is 15.3. The molecular weight excluding hydrogens is 567 g/mol. The smallest absolute Gasteiger partial charge is 0.453 e. The van der Waals surface area contributed by atoms with Crippen molar-refractivity contribution in [3.05, 3.63) is 74.6 Å². The predicted octanol–water partition coefficient (Wildman–Crippen LogP) is 4.90. The second-order valence-corrected chi connectivity index (χ2v) is 8.44. The molecule has 0 saturated carbocycles. The zero-order valence-electron chi connectivity index (χ0n) is 18.5. The first-order chi connectivity index (χ1) is 17.5. The molecule has 3 aromatic heterocycles. The molecule has 0 aliphatic carbocycles. The minimum Gasteiger partial charge on any atom is -0.453 e. The van der Waals surface area contributed by atoms with Gasteiger partial charge in [0.1, 0.15) is 23.6 Å². The highest BCUT2D eigenvalue weighted by atomic mass is 79.9. The number of carbonyl (C=O) groups excluding carboxylic acids is 1. The van der Waals surface area contributed by atoms with Gasteiger partial charge in [-0.25, -0.2) is 4.79 Å². The minimum absolute atomic E-state index is 0.0133. The highest BCUT2D eigenvalue weighted by molar-refractivity contribution is 9.10. The molecule has 3 heterocycles. The molecule has 2 aromatic carbocycles. The highest BCUT2D eigenvalue weighted by Crippen LogP contribution is 2.33. The van der Waals surface area contributed by atoms with Gasteiger partial charge in [0.15, 0.2) is 11.5 Å². The van der Waals surface area contributed by atoms with Crippen LogP contribution in [0.15, 0.2) is 65.0 Å². The fraction of sp³-hybridized carbons (Fsp3) is 0.136. The molecule has 0 aliphatic rings. The molecule has 37 heavy (non-hydrogen) atoms. The van der Waals surface area contributed by atoms with Crippen molar-refractivity contribution in [2.45, 2.75) is 19.8 Å². The Morgan fingerprint density at radius 3 is 2.65 bits per heavy atom. The number of halogens is 4. The van der Waals surface area contributed by atoms with E-state index >= 15 is 0 Å². The van der Waals surface area contributed by atoms with Gasteiger partial charge in [-0.3, -0.25) is 4.79 Å². The SMILES string of the molecule is Cc1oc(=O)oc1Cn1nnc(-c2cc3ccc(C(=O)Nc4ccc(OC(F)(F)F)c(Br)c4)cc3o2)n1. The number of carbonyl (C=O) groups is 1. The Hall–Kier alpha value is -4.40. The summed E-state index contributed by atoms with van der Waals surface area (Å²) < 4.78 is 56.8. The van der Waals surface area contributed by atoms with Gasteiger partial charge < -0.3 is 23.3 Å². The van der Waals surface area contributed by atoms with Gasteiger partial charge in [0.2, 0.25) is 5.82 Å². The van der Waals surface area contributed by atoms with Gasteiger partial charge in [0, 0.05) is 16.6 Å². The number of nitrogens with zero attached hydrogens (tertiary/aromatic N) is 4. The maximum Gasteiger partial charge on any atom is 0.573 e. The first-order valence-electron chi connectivity index (χ1n) is 10.3. The number of anilines is 1. The molecule has 0 radical (unpaired) electrons. The van der Waals surface area contributed by atoms with E-state index in [-0.39, 0.29) is 39.6 Å². The first kappa shape index (κ1) is 24.3. The number of hydrogen-bond donors (Lipinski definition) is 1. The summed E-state index contributed by atoms with van der Waals surface area (Å²) in [7, 11) is 0. The molecule has 0 saturated heterocycles. The van der Waals surface area contributed by atoms with Gasteiger partial charge in [-0.2, -0.15) is 4.80 Å². The molecule has 0 spiro atoms. The van der Waals surface area contributed by atoms with Crippen molar-refractivity contribution < 1.29 is 36.0 Å². The van der Waals surface area contributed by atoms with Gasteiger partial charge in [-0.05, 0) is 64.5 Å². The molecule has 0 unspecified atom stereocenters. The van der Waals surface area contributed by atoms with E-state index in [1.807, 2.05) is 0 Å². The summed E-state index contributed by atoms with van der Waals surface area (Å²) in [4.78, 5) is 25.1. The third-order valence-electron chi connectivity index (χ3n) is 4.99. The van der Waals surface area contributed by atoms with Gasteiger partial charge >= 0.3 is 12.2 Å². The number of benzene rings is 2. The van der Waals surface area contributed by atoms with Crippen LogP contribution in [0.5, 0.6) is 5.75 Å². The molecule has 1 amide bonds. The summed E-state index contributed by atoms with van der Waals surface area (Å²) >= 11 is 2.99. The Kier molecular flexibility index (Phi) is 6.07. The molecule has 0 aliphatic heterocycles. The lowest BCUT2D eigenvalue weighted by atomic mass is 10.1. The third kappa shape index (κ3) is 5.40. The van der Waals surface area contributed by atoms with E-state index in [0.29, 0.717) is 16.7 Å². The Labute approximate surface area is 211 Å². The molecule has 1 N–H and O–H groups in total. The maximum absolute atomic E-state index is 12.7. The van der Waals surface area contributed by atoms with Crippen molar-refractivity contribution in [1.82, 2.24) is 20.2 Å². The van der Waals surface area contributed by atoms with Crippen molar-refractivity contribution in [3.8, 4) is 17.3 Å². The lowest BCUT2D eigenvalue weighted by Crippen LogP contribution is -2.17. The second kappa shape index (κ2) is 9.24. The molecule has 5 rings (SSSR count). The number of furan rings is 1. The lowest BCUT2D eigenvalue weighted by Gasteiger charge is -2.12. The topological polar surface area (TPSA) is 138 Å². The molecule has 5 aromatic rings. The van der Waals surface area contributed by atoms with Crippen LogP contribution < -0.4 is 15.9 Å². The van der Waals surface area contributed by atoms with Crippen molar-refractivity contribution in [2.75, 3.05) is 5.32 Å². The molecule has 11 nitrogen and oxygen atoms in total. The van der Waals surface area contributed by atoms with E-state index in [1.165, 1.54) is 23.0 Å². The summed E-state index contributed by atoms with van der Waals surface area (Å²) in [6.07, 6.45) is -4.84. The number of alkyl halides is 3. The number of amides is 1. The number of hydrogen-bond acceptors (Lipinski definition) is 9. The first-order valence-corrected chi connectivity index (χ1v) is 11.1. The number of nitrogens with one attached hydrogen (secondary N) is 1. The second-order valence-electron chi connectivity index (χ2n) is 7.59. The monoisotopic (exact) mass is 579 g/mol. The molecule has 0 bridgehead atoms. The van der Waals surface area contributed by atoms with Gasteiger partial charge in [0.25, 0.3) is 5.91 Å². The Morgan fingerprint density at radius 1 is 1.14 bits per heavy atom. The van der Waals surface area contributed by atoms with Crippen LogP contribution in [-0.4, -0.2) is 32.5 Å². The highest BCUT2D eigenvalue weighted by Gasteiger charge is 2.32. The summed E-state index contributed by atoms with van der Waals surface area (Å²) in [5.74, 6) is -0.780. The Morgan fingerprint density at radius 2 is 1.95 bits per heavy atom. The summed E-state index contributed by atoms with van der Waals surface area (Å²) in [6.45, 7) is 1.59. The van der Waals surface area contributed by atoms with E-state index in [2.05, 4.69) is 41.4 Å². The predicted molar refractivity (Wildman–Crippen MR) is 123 cm³/mol. The van der Waals surface area contributed by atoms with Crippen LogP contribution in [-0.2, 0) is 6.54 Å². The number of fused-ring (bicyclic) bond motifs is 1. The average Bonchev–Trinajstić information content (AvgIpc) is 3.53. The van der Waals surface area contributed by atoms with Crippen molar-refractivity contribution in [1.29, 1.82) is 0 Å². The summed E-state index contributed by atoms with van der Waals surface area (Å²) in [6, 6.07) is 10.0. The fourth-order valence-electron chi connectivity index (χ4n) is 3.33. The van der Waals surface area contributed by atoms with Gasteiger partial charge in [0.05, 0.1) is 4.47 Å². The van der Waals surface area contributed by atoms with E-state index in [1.54, 1.807) is 25.1 Å². The average molecular weight is 580 g/mol. The Bertz CT molecular complexity index is 1690. The molecule has 15 heteroatoms. The zero-order valence-corrected chi connectivity index (χ0v) is 20.1. The number of ether oxygens (including phenoxy) is 1. The molecular formula is C22H13BrF3N5O6. The molecule has 190 valence electrons. The molecule has 0 atom stereocenters. The van der Waals surface area contributed by atoms with Crippen LogP contribution in [0.4, 0.5) is 18.9 Å². The summed E-state index contributed by atoms with van der Waals surface area (Å²) in [5.41, 5.74) is 0.851. The normalized spacial score (nSPS) is 11.7. The van der Waals surface area contributed by atoms with Crippen LogP contribution >= 0.6 is 15.9 Å². The van der Waals surface area contributed by atoms with Crippen LogP contribution in [0.3, 0.4) is 0 Å². The van der Waals surface area contributed by atoms with E-state index in [4.69, 9.17) is 13.3 Å². The number of aryl methyl sites for hydroxylation is 1. The van der Waals surface area contributed by atoms with Gasteiger partial charge in [-0.15, -0.1) is 23.4 Å². The largest absolute Gasteiger partial charge is 0.573 e. The lowest BCUT2D eigenvalue weighted by molar-refractivity contribution is -0.274. The number of rotatable bonds is 6. The van der Waals surface area contributed by atoms with Crippen LogP contribution in [0, 0.1) is 6.92 Å². The van der Waals surface area contributed by atoms with Crippen LogP contribution in [0.2, 0.25) is 0 Å². The van der Waals surface area contributed by atoms with Gasteiger partial charge in [-0.1, -0.05) is 6.07 Å². The fourth-order valence-corrected chi connectivity index (χ4v) is 3.79. The number of tetrazole rings is 1. The van der Waals surface area contributed by atoms with Crippen molar-refractivity contribution in [2.24, 2.45) is 0 Å². The van der Waals surface area contributed by atoms with Crippen molar-refractivity contribution >= 4 is 38.5 Å². The van der Waals surface area contributed by atoms with Crippen molar-refractivity contribution in [3.63, 3.8) is 0 Å². The molecule has 0 fully saturated rings. The maximum atomic E-state index is 12.7. The standard InChI is InChI=1S/C22H13BrF3N5O6/c1-10-18(36-21(33)34-10)9-31-29-19(28-30-31)17-6-11-2-3-12(7-16(11)35-17)20(32)27-13-4-5-15(14(23)8-13)37-22(24,25)26/h2-8H,9H2,1H3,(H,27,32). The van der Waals surface area contributed by atoms with Crippen LogP contribution in [0.25, 0.3) is 22.6 Å².